The Labute approximate surface area is 111 Å². The summed E-state index contributed by atoms with van der Waals surface area (Å²) in [5.74, 6) is 0.762. The molecular weight excluding hydrogens is 222 g/mol. The summed E-state index contributed by atoms with van der Waals surface area (Å²) in [5, 5.41) is 3.67. The largest absolute Gasteiger partial charge is 0.381 e. The van der Waals surface area contributed by atoms with Crippen LogP contribution >= 0.6 is 0 Å². The van der Waals surface area contributed by atoms with Gasteiger partial charge in [0.2, 0.25) is 0 Å². The molecule has 1 atom stereocenters. The molecule has 0 aromatic heterocycles. The molecule has 2 nitrogen and oxygen atoms in total. The highest BCUT2D eigenvalue weighted by Crippen LogP contribution is 2.22. The molecular formula is C16H25NO. The Kier molecular flexibility index (Phi) is 5.21. The van der Waals surface area contributed by atoms with Gasteiger partial charge in [0.1, 0.15) is 0 Å². The fourth-order valence-electron chi connectivity index (χ4n) is 2.86. The van der Waals surface area contributed by atoms with Crippen molar-refractivity contribution in [2.45, 2.75) is 39.2 Å². The minimum atomic E-state index is 0.597. The smallest absolute Gasteiger partial charge is 0.0469 e. The maximum Gasteiger partial charge on any atom is 0.0469 e. The van der Waals surface area contributed by atoms with Crippen molar-refractivity contribution in [3.8, 4) is 0 Å². The van der Waals surface area contributed by atoms with Crippen LogP contribution in [0.3, 0.4) is 0 Å². The number of benzene rings is 1. The van der Waals surface area contributed by atoms with Crippen molar-refractivity contribution in [3.63, 3.8) is 0 Å². The molecule has 0 bridgehead atoms. The highest BCUT2D eigenvalue weighted by Gasteiger charge is 2.23. The molecule has 0 radical (unpaired) electrons. The van der Waals surface area contributed by atoms with Crippen LogP contribution in [0.5, 0.6) is 0 Å². The molecule has 100 valence electrons. The molecule has 0 aliphatic carbocycles. The first-order valence-corrected chi connectivity index (χ1v) is 7.17. The molecule has 1 unspecified atom stereocenters. The van der Waals surface area contributed by atoms with Crippen LogP contribution in [0.4, 0.5) is 0 Å². The maximum absolute atomic E-state index is 5.47. The van der Waals surface area contributed by atoms with Gasteiger partial charge in [0.05, 0.1) is 0 Å². The van der Waals surface area contributed by atoms with Crippen molar-refractivity contribution in [2.75, 3.05) is 19.8 Å². The van der Waals surface area contributed by atoms with E-state index >= 15 is 0 Å². The Morgan fingerprint density at radius 1 is 1.28 bits per heavy atom. The van der Waals surface area contributed by atoms with E-state index in [1.54, 1.807) is 0 Å². The third kappa shape index (κ3) is 3.56. The van der Waals surface area contributed by atoms with Crippen LogP contribution < -0.4 is 5.32 Å². The van der Waals surface area contributed by atoms with Crippen molar-refractivity contribution >= 4 is 0 Å². The first-order chi connectivity index (χ1) is 8.81. The molecule has 1 aromatic rings. The first-order valence-electron chi connectivity index (χ1n) is 7.17. The van der Waals surface area contributed by atoms with Crippen LogP contribution in [0.1, 0.15) is 30.9 Å². The Morgan fingerprint density at radius 3 is 2.67 bits per heavy atom. The first kappa shape index (κ1) is 13.6. The second-order valence-corrected chi connectivity index (χ2v) is 5.24. The Morgan fingerprint density at radius 2 is 2.00 bits per heavy atom. The van der Waals surface area contributed by atoms with E-state index in [2.05, 4.69) is 43.4 Å². The van der Waals surface area contributed by atoms with Crippen LogP contribution in [-0.4, -0.2) is 25.8 Å². The van der Waals surface area contributed by atoms with Gasteiger partial charge in [0, 0.05) is 19.3 Å². The molecule has 1 N–H and O–H groups in total. The molecule has 0 spiro atoms. The highest BCUT2D eigenvalue weighted by atomic mass is 16.5. The second-order valence-electron chi connectivity index (χ2n) is 5.24. The second kappa shape index (κ2) is 6.91. The minimum absolute atomic E-state index is 0.597. The van der Waals surface area contributed by atoms with E-state index in [9.17, 15) is 0 Å². The molecule has 1 aliphatic heterocycles. The van der Waals surface area contributed by atoms with Crippen LogP contribution in [0, 0.1) is 12.8 Å². The third-order valence-electron chi connectivity index (χ3n) is 4.00. The number of aryl methyl sites for hydroxylation is 1. The SMILES string of the molecule is CCNC(Cc1ccccc1C)C1CCOCC1. The molecule has 1 fully saturated rings. The Balaban J connectivity index is 2.03. The van der Waals surface area contributed by atoms with Crippen molar-refractivity contribution in [2.24, 2.45) is 5.92 Å². The van der Waals surface area contributed by atoms with E-state index in [0.717, 1.165) is 32.1 Å². The number of rotatable bonds is 5. The summed E-state index contributed by atoms with van der Waals surface area (Å²) in [6, 6.07) is 9.34. The predicted molar refractivity (Wildman–Crippen MR) is 75.9 cm³/mol. The standard InChI is InChI=1S/C16H25NO/c1-3-17-16(14-8-10-18-11-9-14)12-15-7-5-4-6-13(15)2/h4-7,14,16-17H,3,8-12H2,1-2H3. The van der Waals surface area contributed by atoms with Crippen LogP contribution in [0.15, 0.2) is 24.3 Å². The number of hydrogen-bond acceptors (Lipinski definition) is 2. The highest BCUT2D eigenvalue weighted by molar-refractivity contribution is 5.26. The molecule has 1 aliphatic rings. The lowest BCUT2D eigenvalue weighted by Crippen LogP contribution is -2.40. The lowest BCUT2D eigenvalue weighted by molar-refractivity contribution is 0.0539. The zero-order valence-electron chi connectivity index (χ0n) is 11.6. The molecule has 1 heterocycles. The topological polar surface area (TPSA) is 21.3 Å². The van der Waals surface area contributed by atoms with E-state index in [1.807, 2.05) is 0 Å². The third-order valence-corrected chi connectivity index (χ3v) is 4.00. The van der Waals surface area contributed by atoms with Crippen molar-refractivity contribution in [1.29, 1.82) is 0 Å². The summed E-state index contributed by atoms with van der Waals surface area (Å²) >= 11 is 0. The molecule has 2 heteroatoms. The number of likely N-dealkylation sites (N-methyl/N-ethyl adjacent to an activating group) is 1. The minimum Gasteiger partial charge on any atom is -0.381 e. The van der Waals surface area contributed by atoms with Crippen molar-refractivity contribution in [3.05, 3.63) is 35.4 Å². The molecule has 0 amide bonds. The van der Waals surface area contributed by atoms with Gasteiger partial charge in [-0.05, 0) is 49.8 Å². The number of nitrogens with one attached hydrogen (secondary N) is 1. The summed E-state index contributed by atoms with van der Waals surface area (Å²) in [4.78, 5) is 0. The van der Waals surface area contributed by atoms with Gasteiger partial charge in [-0.1, -0.05) is 31.2 Å². The van der Waals surface area contributed by atoms with Gasteiger partial charge in [-0.3, -0.25) is 0 Å². The summed E-state index contributed by atoms with van der Waals surface area (Å²) in [7, 11) is 0. The van der Waals surface area contributed by atoms with E-state index in [-0.39, 0.29) is 0 Å². The summed E-state index contributed by atoms with van der Waals surface area (Å²) in [5.41, 5.74) is 2.89. The van der Waals surface area contributed by atoms with Gasteiger partial charge >= 0.3 is 0 Å². The average Bonchev–Trinajstić information content (AvgIpc) is 2.42. The van der Waals surface area contributed by atoms with Gasteiger partial charge in [0.15, 0.2) is 0 Å². The maximum atomic E-state index is 5.47. The average molecular weight is 247 g/mol. The number of hydrogen-bond donors (Lipinski definition) is 1. The number of ether oxygens (including phenoxy) is 1. The van der Waals surface area contributed by atoms with Crippen LogP contribution in [0.2, 0.25) is 0 Å². The van der Waals surface area contributed by atoms with Crippen LogP contribution in [0.25, 0.3) is 0 Å². The van der Waals surface area contributed by atoms with Gasteiger partial charge < -0.3 is 10.1 Å². The zero-order chi connectivity index (χ0) is 12.8. The summed E-state index contributed by atoms with van der Waals surface area (Å²) in [6.07, 6.45) is 3.54. The fourth-order valence-corrected chi connectivity index (χ4v) is 2.86. The quantitative estimate of drug-likeness (QED) is 0.864. The van der Waals surface area contributed by atoms with Crippen molar-refractivity contribution in [1.82, 2.24) is 5.32 Å². The van der Waals surface area contributed by atoms with Crippen LogP contribution in [-0.2, 0) is 11.2 Å². The van der Waals surface area contributed by atoms with E-state index in [1.165, 1.54) is 24.0 Å². The van der Waals surface area contributed by atoms with Gasteiger partial charge in [-0.25, -0.2) is 0 Å². The Bertz CT molecular complexity index is 358. The zero-order valence-corrected chi connectivity index (χ0v) is 11.6. The fraction of sp³-hybridized carbons (Fsp3) is 0.625. The molecule has 0 saturated carbocycles. The van der Waals surface area contributed by atoms with Gasteiger partial charge in [-0.15, -0.1) is 0 Å². The lowest BCUT2D eigenvalue weighted by atomic mass is 9.86. The monoisotopic (exact) mass is 247 g/mol. The Hall–Kier alpha value is -0.860. The van der Waals surface area contributed by atoms with Crippen molar-refractivity contribution < 1.29 is 4.74 Å². The van der Waals surface area contributed by atoms with E-state index < -0.39 is 0 Å². The molecule has 1 saturated heterocycles. The summed E-state index contributed by atoms with van der Waals surface area (Å²) < 4.78 is 5.47. The van der Waals surface area contributed by atoms with E-state index in [4.69, 9.17) is 4.74 Å². The molecule has 1 aromatic carbocycles. The summed E-state index contributed by atoms with van der Waals surface area (Å²) in [6.45, 7) is 7.32. The van der Waals surface area contributed by atoms with Gasteiger partial charge in [0.25, 0.3) is 0 Å². The normalized spacial score (nSPS) is 18.8. The molecule has 2 rings (SSSR count). The molecule has 18 heavy (non-hydrogen) atoms. The lowest BCUT2D eigenvalue weighted by Gasteiger charge is -2.31. The van der Waals surface area contributed by atoms with Gasteiger partial charge in [-0.2, -0.15) is 0 Å². The van der Waals surface area contributed by atoms with E-state index in [0.29, 0.717) is 6.04 Å². The predicted octanol–water partition coefficient (Wildman–Crippen LogP) is 2.94.